The Morgan fingerprint density at radius 3 is 2.44 bits per heavy atom. The van der Waals surface area contributed by atoms with E-state index < -0.39 is 0 Å². The lowest BCUT2D eigenvalue weighted by Gasteiger charge is -2.19. The number of thioether (sulfide) groups is 2. The Morgan fingerprint density at radius 2 is 1.74 bits per heavy atom. The minimum Gasteiger partial charge on any atom is -0.334 e. The SMILES string of the molecule is CCN1C(=C2SC(=Nc3ccc(C(C)=O)cc3)N(c3cccc(C)c3)C2=O)Sc2ccccc21. The first-order chi connectivity index (χ1) is 16.5. The quantitative estimate of drug-likeness (QED) is 0.302. The molecule has 7 heteroatoms. The number of aliphatic imine (C=N–C) groups is 1. The summed E-state index contributed by atoms with van der Waals surface area (Å²) in [6, 6.07) is 23.3. The zero-order valence-electron chi connectivity index (χ0n) is 19.1. The van der Waals surface area contributed by atoms with E-state index in [9.17, 15) is 9.59 Å². The molecule has 0 atom stereocenters. The highest BCUT2D eigenvalue weighted by Gasteiger charge is 2.40. The number of amidine groups is 1. The number of fused-ring (bicyclic) bond motifs is 1. The van der Waals surface area contributed by atoms with Crippen molar-refractivity contribution in [3.63, 3.8) is 0 Å². The molecule has 0 aromatic heterocycles. The van der Waals surface area contributed by atoms with Crippen LogP contribution >= 0.6 is 23.5 Å². The van der Waals surface area contributed by atoms with Gasteiger partial charge in [-0.1, -0.05) is 36.0 Å². The molecule has 0 aliphatic carbocycles. The summed E-state index contributed by atoms with van der Waals surface area (Å²) in [5, 5.41) is 1.54. The second-order valence-electron chi connectivity index (χ2n) is 8.03. The van der Waals surface area contributed by atoms with Gasteiger partial charge in [-0.25, -0.2) is 4.99 Å². The molecule has 1 saturated heterocycles. The highest BCUT2D eigenvalue weighted by Crippen LogP contribution is 2.51. The topological polar surface area (TPSA) is 53.0 Å². The summed E-state index contributed by atoms with van der Waals surface area (Å²) >= 11 is 3.02. The molecule has 0 spiro atoms. The van der Waals surface area contributed by atoms with Gasteiger partial charge in [-0.15, -0.1) is 0 Å². The lowest BCUT2D eigenvalue weighted by molar-refractivity contribution is -0.113. The van der Waals surface area contributed by atoms with Gasteiger partial charge in [0.15, 0.2) is 11.0 Å². The Labute approximate surface area is 207 Å². The highest BCUT2D eigenvalue weighted by molar-refractivity contribution is 8.20. The third kappa shape index (κ3) is 4.06. The zero-order chi connectivity index (χ0) is 23.8. The number of amides is 1. The van der Waals surface area contributed by atoms with Gasteiger partial charge in [0.25, 0.3) is 5.91 Å². The Balaban J connectivity index is 1.61. The van der Waals surface area contributed by atoms with Crippen LogP contribution in [-0.2, 0) is 4.79 Å². The fraction of sp³-hybridized carbons (Fsp3) is 0.148. The maximum Gasteiger partial charge on any atom is 0.274 e. The Morgan fingerprint density at radius 1 is 0.971 bits per heavy atom. The van der Waals surface area contributed by atoms with E-state index in [-0.39, 0.29) is 11.7 Å². The van der Waals surface area contributed by atoms with E-state index in [4.69, 9.17) is 4.99 Å². The predicted octanol–water partition coefficient (Wildman–Crippen LogP) is 6.77. The van der Waals surface area contributed by atoms with Gasteiger partial charge in [-0.3, -0.25) is 14.5 Å². The van der Waals surface area contributed by atoms with E-state index in [1.54, 1.807) is 35.7 Å². The summed E-state index contributed by atoms with van der Waals surface area (Å²) in [6.45, 7) is 6.41. The fourth-order valence-corrected chi connectivity index (χ4v) is 6.37. The van der Waals surface area contributed by atoms with Crippen LogP contribution in [0.2, 0.25) is 0 Å². The van der Waals surface area contributed by atoms with Gasteiger partial charge < -0.3 is 4.90 Å². The van der Waals surface area contributed by atoms with Crippen LogP contribution in [0.25, 0.3) is 0 Å². The number of carbonyl (C=O) groups excluding carboxylic acids is 2. The molecule has 0 saturated carbocycles. The summed E-state index contributed by atoms with van der Waals surface area (Å²) in [5.41, 5.74) is 4.31. The van der Waals surface area contributed by atoms with Crippen molar-refractivity contribution in [2.75, 3.05) is 16.3 Å². The molecule has 0 N–H and O–H groups in total. The molecule has 170 valence electrons. The maximum atomic E-state index is 13.8. The Hall–Kier alpha value is -3.29. The first-order valence-corrected chi connectivity index (χ1v) is 12.7. The second-order valence-corrected chi connectivity index (χ2v) is 10.0. The third-order valence-corrected chi connectivity index (χ3v) is 8.00. The van der Waals surface area contributed by atoms with E-state index in [2.05, 4.69) is 24.0 Å². The van der Waals surface area contributed by atoms with Gasteiger partial charge >= 0.3 is 0 Å². The summed E-state index contributed by atoms with van der Waals surface area (Å²) in [6.07, 6.45) is 0. The fourth-order valence-electron chi connectivity index (χ4n) is 3.97. The lowest BCUT2D eigenvalue weighted by atomic mass is 10.1. The number of nitrogens with zero attached hydrogens (tertiary/aromatic N) is 3. The molecule has 2 heterocycles. The van der Waals surface area contributed by atoms with Crippen LogP contribution in [0.3, 0.4) is 0 Å². The standard InChI is InChI=1S/C27H23N3O2S2/c1-4-29-22-10-5-6-11-23(22)33-26(29)24-25(32)30(21-9-7-8-17(2)16-21)27(34-24)28-20-14-12-19(13-15-20)18(3)31/h5-16H,4H2,1-3H3. The molecule has 2 aliphatic heterocycles. The van der Waals surface area contributed by atoms with Crippen LogP contribution in [0.5, 0.6) is 0 Å². The Kier molecular flexibility index (Phi) is 6.06. The molecule has 0 radical (unpaired) electrons. The van der Waals surface area contributed by atoms with Crippen LogP contribution in [0, 0.1) is 6.92 Å². The van der Waals surface area contributed by atoms with E-state index >= 15 is 0 Å². The molecular weight excluding hydrogens is 462 g/mol. The minimum absolute atomic E-state index is 0.00973. The van der Waals surface area contributed by atoms with E-state index in [1.807, 2.05) is 55.5 Å². The van der Waals surface area contributed by atoms with Crippen LogP contribution in [0.4, 0.5) is 17.1 Å². The van der Waals surface area contributed by atoms with E-state index in [0.717, 1.165) is 33.4 Å². The van der Waals surface area contributed by atoms with Crippen LogP contribution in [0.1, 0.15) is 29.8 Å². The molecule has 2 aliphatic rings. The normalized spacial score (nSPS) is 18.7. The van der Waals surface area contributed by atoms with Crippen molar-refractivity contribution in [2.24, 2.45) is 4.99 Å². The smallest absolute Gasteiger partial charge is 0.274 e. The Bertz CT molecular complexity index is 1360. The molecule has 1 amide bonds. The van der Waals surface area contributed by atoms with Gasteiger partial charge in [-0.2, -0.15) is 0 Å². The van der Waals surface area contributed by atoms with Crippen molar-refractivity contribution in [1.29, 1.82) is 0 Å². The van der Waals surface area contributed by atoms with Crippen molar-refractivity contribution < 1.29 is 9.59 Å². The van der Waals surface area contributed by atoms with E-state index in [0.29, 0.717) is 21.3 Å². The first kappa shape index (κ1) is 22.5. The van der Waals surface area contributed by atoms with Crippen molar-refractivity contribution in [3.05, 3.63) is 93.9 Å². The monoisotopic (exact) mass is 485 g/mol. The molecule has 5 rings (SSSR count). The summed E-state index contributed by atoms with van der Waals surface area (Å²) < 4.78 is 0. The van der Waals surface area contributed by atoms with Crippen molar-refractivity contribution >= 4 is 57.4 Å². The molecule has 34 heavy (non-hydrogen) atoms. The molecule has 5 nitrogen and oxygen atoms in total. The zero-order valence-corrected chi connectivity index (χ0v) is 20.7. The van der Waals surface area contributed by atoms with Gasteiger partial charge in [0.2, 0.25) is 0 Å². The number of hydrogen-bond donors (Lipinski definition) is 0. The van der Waals surface area contributed by atoms with Gasteiger partial charge in [0.05, 0.1) is 17.1 Å². The number of hydrogen-bond acceptors (Lipinski definition) is 6. The molecule has 1 fully saturated rings. The number of aryl methyl sites for hydroxylation is 1. The largest absolute Gasteiger partial charge is 0.334 e. The second kappa shape index (κ2) is 9.16. The number of ketones is 1. The molecule has 0 bridgehead atoms. The predicted molar refractivity (Wildman–Crippen MR) is 142 cm³/mol. The molecule has 0 unspecified atom stereocenters. The van der Waals surface area contributed by atoms with Crippen LogP contribution in [0.15, 0.2) is 92.6 Å². The van der Waals surface area contributed by atoms with Gasteiger partial charge in [0, 0.05) is 17.0 Å². The number of Topliss-reactive ketones (excluding diaryl/α,β-unsaturated/α-hetero) is 1. The molecular formula is C27H23N3O2S2. The molecule has 3 aromatic carbocycles. The minimum atomic E-state index is -0.0801. The third-order valence-electron chi connectivity index (χ3n) is 5.66. The number of carbonyl (C=O) groups is 2. The molecule has 3 aromatic rings. The van der Waals surface area contributed by atoms with Crippen LogP contribution < -0.4 is 9.80 Å². The number of para-hydroxylation sites is 1. The van der Waals surface area contributed by atoms with Crippen LogP contribution in [-0.4, -0.2) is 23.4 Å². The van der Waals surface area contributed by atoms with Gasteiger partial charge in [0.1, 0.15) is 9.93 Å². The number of rotatable bonds is 4. The summed E-state index contributed by atoms with van der Waals surface area (Å²) in [7, 11) is 0. The summed E-state index contributed by atoms with van der Waals surface area (Å²) in [5.74, 6) is -0.0704. The van der Waals surface area contributed by atoms with Crippen molar-refractivity contribution in [2.45, 2.75) is 25.7 Å². The maximum absolute atomic E-state index is 13.8. The van der Waals surface area contributed by atoms with E-state index in [1.165, 1.54) is 11.8 Å². The number of benzene rings is 3. The van der Waals surface area contributed by atoms with Crippen molar-refractivity contribution in [1.82, 2.24) is 0 Å². The average molecular weight is 486 g/mol. The van der Waals surface area contributed by atoms with Gasteiger partial charge in [-0.05, 0) is 86.6 Å². The average Bonchev–Trinajstić information content (AvgIpc) is 3.36. The lowest BCUT2D eigenvalue weighted by Crippen LogP contribution is -2.29. The number of anilines is 2. The first-order valence-electron chi connectivity index (χ1n) is 11.0. The highest BCUT2D eigenvalue weighted by atomic mass is 32.2. The summed E-state index contributed by atoms with van der Waals surface area (Å²) in [4.78, 5) is 36.0. The van der Waals surface area contributed by atoms with Crippen molar-refractivity contribution in [3.8, 4) is 0 Å².